The standard InChI is InChI=1S/C42H54N8O6/c1-23(2)34(47-41(53)55-7)39(51)49(6)25(5)37-44-31-12-9-11-29-21-28(18-19-30(29)36(31)46-37)26-14-16-27(17-15-26)32-22-43-38(45-32)33-13-10-20-50(33)40(52)35(24(3)4)48-42(54)56-8/h14-19,21-25,33-35H,9-13,20H2,1-8H3,(H,43,45)(H,44,46)(H,47,53)(H,48,54)/t25-,33-,34-,35-/m0/s1. The van der Waals surface area contributed by atoms with Gasteiger partial charge in [0.15, 0.2) is 0 Å². The molecule has 0 radical (unpaired) electrons. The lowest BCUT2D eigenvalue weighted by atomic mass is 9.95. The van der Waals surface area contributed by atoms with E-state index in [2.05, 4.69) is 63.1 Å². The summed E-state index contributed by atoms with van der Waals surface area (Å²) in [6.07, 6.45) is 4.89. The van der Waals surface area contributed by atoms with Crippen LogP contribution in [0.15, 0.2) is 48.7 Å². The minimum absolute atomic E-state index is 0.105. The normalized spacial score (nSPS) is 16.7. The molecule has 4 atom stereocenters. The number of methoxy groups -OCH3 is 2. The Hall–Kier alpha value is -5.66. The number of aryl methyl sites for hydroxylation is 2. The minimum Gasteiger partial charge on any atom is -0.453 e. The molecule has 56 heavy (non-hydrogen) atoms. The van der Waals surface area contributed by atoms with Crippen LogP contribution in [0.3, 0.4) is 0 Å². The first-order valence-corrected chi connectivity index (χ1v) is 19.4. The van der Waals surface area contributed by atoms with E-state index in [4.69, 9.17) is 19.4 Å². The number of hydrogen-bond donors (Lipinski definition) is 4. The minimum atomic E-state index is -0.727. The van der Waals surface area contributed by atoms with Crippen molar-refractivity contribution in [2.45, 2.75) is 90.9 Å². The van der Waals surface area contributed by atoms with Crippen molar-refractivity contribution in [2.75, 3.05) is 27.8 Å². The van der Waals surface area contributed by atoms with Gasteiger partial charge in [-0.3, -0.25) is 9.59 Å². The number of benzene rings is 2. The molecule has 0 bridgehead atoms. The summed E-state index contributed by atoms with van der Waals surface area (Å²) in [5, 5.41) is 5.37. The molecule has 298 valence electrons. The van der Waals surface area contributed by atoms with E-state index >= 15 is 0 Å². The number of rotatable bonds is 11. The number of amides is 4. The number of carbonyl (C=O) groups is 4. The quantitative estimate of drug-likeness (QED) is 0.133. The molecular formula is C42H54N8O6. The van der Waals surface area contributed by atoms with Gasteiger partial charge < -0.3 is 39.9 Å². The predicted octanol–water partition coefficient (Wildman–Crippen LogP) is 6.57. The van der Waals surface area contributed by atoms with Crippen LogP contribution in [0, 0.1) is 11.8 Å². The van der Waals surface area contributed by atoms with E-state index in [-0.39, 0.29) is 35.7 Å². The van der Waals surface area contributed by atoms with Gasteiger partial charge in [-0.15, -0.1) is 0 Å². The summed E-state index contributed by atoms with van der Waals surface area (Å²) in [4.78, 5) is 71.1. The fourth-order valence-electron chi connectivity index (χ4n) is 7.68. The molecule has 2 aliphatic rings. The number of aromatic amines is 2. The van der Waals surface area contributed by atoms with E-state index in [0.717, 1.165) is 77.3 Å². The fourth-order valence-corrected chi connectivity index (χ4v) is 7.68. The SMILES string of the molecule is COC(=O)N[C@H](C(=O)N(C)[C@@H](C)c1nc2c([nH]1)CCCc1cc(-c3ccc(-c4cnc([C@@H]5CCCN5C(=O)[C@@H](NC(=O)OC)C(C)C)[nH]4)cc3)ccc1-2)C(C)C. The van der Waals surface area contributed by atoms with Gasteiger partial charge in [0, 0.05) is 24.8 Å². The van der Waals surface area contributed by atoms with E-state index in [9.17, 15) is 19.2 Å². The molecule has 2 aromatic carbocycles. The fraction of sp³-hybridized carbons (Fsp3) is 0.476. The number of likely N-dealkylation sites (N-methyl/N-ethyl adjacent to an activating group) is 1. The van der Waals surface area contributed by atoms with Crippen molar-refractivity contribution in [3.63, 3.8) is 0 Å². The number of imidazole rings is 2. The van der Waals surface area contributed by atoms with Gasteiger partial charge in [0.05, 0.1) is 43.9 Å². The first-order valence-electron chi connectivity index (χ1n) is 19.4. The van der Waals surface area contributed by atoms with Crippen LogP contribution >= 0.6 is 0 Å². The molecule has 0 unspecified atom stereocenters. The number of alkyl carbamates (subject to hydrolysis) is 2. The van der Waals surface area contributed by atoms with Crippen LogP contribution in [0.4, 0.5) is 9.59 Å². The lowest BCUT2D eigenvalue weighted by molar-refractivity contribution is -0.136. The summed E-state index contributed by atoms with van der Waals surface area (Å²) in [7, 11) is 4.30. The summed E-state index contributed by atoms with van der Waals surface area (Å²) >= 11 is 0. The third-order valence-corrected chi connectivity index (χ3v) is 11.1. The maximum absolute atomic E-state index is 13.6. The zero-order chi connectivity index (χ0) is 40.3. The van der Waals surface area contributed by atoms with Crippen molar-refractivity contribution in [1.29, 1.82) is 0 Å². The first-order chi connectivity index (χ1) is 26.8. The van der Waals surface area contributed by atoms with E-state index in [1.807, 2.05) is 45.7 Å². The van der Waals surface area contributed by atoms with Gasteiger partial charge in [-0.25, -0.2) is 19.6 Å². The summed E-state index contributed by atoms with van der Waals surface area (Å²) in [6.45, 7) is 10.1. The smallest absolute Gasteiger partial charge is 0.407 e. The number of likely N-dealkylation sites (tertiary alicyclic amines) is 1. The van der Waals surface area contributed by atoms with Crippen LogP contribution in [-0.2, 0) is 31.9 Å². The molecule has 1 saturated heterocycles. The van der Waals surface area contributed by atoms with Crippen LogP contribution in [-0.4, -0.2) is 93.6 Å². The topological polar surface area (TPSA) is 175 Å². The van der Waals surface area contributed by atoms with Crippen molar-refractivity contribution < 1.29 is 28.7 Å². The molecule has 2 aromatic heterocycles. The molecule has 1 fully saturated rings. The average molecular weight is 767 g/mol. The highest BCUT2D eigenvalue weighted by Gasteiger charge is 2.38. The van der Waals surface area contributed by atoms with Crippen LogP contribution in [0.5, 0.6) is 0 Å². The summed E-state index contributed by atoms with van der Waals surface area (Å²) in [5.74, 6) is 0.835. The van der Waals surface area contributed by atoms with Gasteiger partial charge in [0.25, 0.3) is 0 Å². The Bertz CT molecular complexity index is 2050. The third-order valence-electron chi connectivity index (χ3n) is 11.1. The summed E-state index contributed by atoms with van der Waals surface area (Å²) in [6, 6.07) is 12.9. The molecule has 3 heterocycles. The Kier molecular flexibility index (Phi) is 12.2. The van der Waals surface area contributed by atoms with Crippen molar-refractivity contribution in [3.8, 4) is 33.6 Å². The highest BCUT2D eigenvalue weighted by Crippen LogP contribution is 2.37. The van der Waals surface area contributed by atoms with Crippen LogP contribution in [0.1, 0.15) is 88.9 Å². The Balaban J connectivity index is 1.16. The maximum Gasteiger partial charge on any atom is 0.407 e. The molecule has 4 N–H and O–H groups in total. The van der Waals surface area contributed by atoms with Gasteiger partial charge in [0.2, 0.25) is 11.8 Å². The van der Waals surface area contributed by atoms with E-state index in [0.29, 0.717) is 12.4 Å². The molecule has 1 aliphatic carbocycles. The van der Waals surface area contributed by atoms with Crippen molar-refractivity contribution >= 4 is 24.0 Å². The number of carbonyl (C=O) groups excluding carboxylic acids is 4. The van der Waals surface area contributed by atoms with Gasteiger partial charge in [-0.05, 0) is 73.1 Å². The van der Waals surface area contributed by atoms with Gasteiger partial charge >= 0.3 is 12.2 Å². The Morgan fingerprint density at radius 3 is 2.14 bits per heavy atom. The van der Waals surface area contributed by atoms with Crippen LogP contribution in [0.2, 0.25) is 0 Å². The van der Waals surface area contributed by atoms with Crippen molar-refractivity contribution in [1.82, 2.24) is 40.4 Å². The lowest BCUT2D eigenvalue weighted by Gasteiger charge is -2.30. The second-order valence-electron chi connectivity index (χ2n) is 15.5. The average Bonchev–Trinajstić information content (AvgIpc) is 3.96. The Morgan fingerprint density at radius 2 is 1.48 bits per heavy atom. The van der Waals surface area contributed by atoms with E-state index in [1.165, 1.54) is 19.8 Å². The summed E-state index contributed by atoms with van der Waals surface area (Å²) in [5.41, 5.74) is 8.31. The van der Waals surface area contributed by atoms with Crippen LogP contribution < -0.4 is 10.6 Å². The molecule has 4 amide bonds. The molecule has 0 spiro atoms. The van der Waals surface area contributed by atoms with E-state index in [1.54, 1.807) is 11.9 Å². The van der Waals surface area contributed by atoms with Crippen molar-refractivity contribution in [2.24, 2.45) is 11.8 Å². The van der Waals surface area contributed by atoms with Crippen LogP contribution in [0.25, 0.3) is 33.6 Å². The number of hydrogen-bond acceptors (Lipinski definition) is 8. The lowest BCUT2D eigenvalue weighted by Crippen LogP contribution is -2.51. The molecule has 6 rings (SSSR count). The first kappa shape index (κ1) is 40.0. The van der Waals surface area contributed by atoms with Crippen molar-refractivity contribution in [3.05, 3.63) is 71.6 Å². The van der Waals surface area contributed by atoms with E-state index < -0.39 is 24.3 Å². The van der Waals surface area contributed by atoms with Gasteiger partial charge in [-0.1, -0.05) is 70.2 Å². The second kappa shape index (κ2) is 17.0. The third kappa shape index (κ3) is 8.29. The van der Waals surface area contributed by atoms with Gasteiger partial charge in [0.1, 0.15) is 23.7 Å². The zero-order valence-corrected chi connectivity index (χ0v) is 33.6. The number of nitrogens with zero attached hydrogens (tertiary/aromatic N) is 4. The summed E-state index contributed by atoms with van der Waals surface area (Å²) < 4.78 is 9.51. The molecule has 0 saturated carbocycles. The number of fused-ring (bicyclic) bond motifs is 3. The number of ether oxygens (including phenoxy) is 2. The Labute approximate surface area is 328 Å². The highest BCUT2D eigenvalue weighted by atomic mass is 16.5. The second-order valence-corrected chi connectivity index (χ2v) is 15.5. The molecule has 14 heteroatoms. The highest BCUT2D eigenvalue weighted by molar-refractivity contribution is 5.87. The maximum atomic E-state index is 13.6. The molecule has 14 nitrogen and oxygen atoms in total. The molecule has 4 aromatic rings. The molecular weight excluding hydrogens is 713 g/mol. The molecule has 1 aliphatic heterocycles. The largest absolute Gasteiger partial charge is 0.453 e. The zero-order valence-electron chi connectivity index (χ0n) is 33.6. The monoisotopic (exact) mass is 766 g/mol. The predicted molar refractivity (Wildman–Crippen MR) is 212 cm³/mol. The Morgan fingerprint density at radius 1 is 0.839 bits per heavy atom. The van der Waals surface area contributed by atoms with Gasteiger partial charge in [-0.2, -0.15) is 0 Å². The number of nitrogens with one attached hydrogen (secondary N) is 4. The number of aromatic nitrogens is 4. The number of H-pyrrole nitrogens is 2.